The minimum atomic E-state index is -1.42. The lowest BCUT2D eigenvalue weighted by molar-refractivity contribution is -0.231. The summed E-state index contributed by atoms with van der Waals surface area (Å²) in [7, 11) is 0. The smallest absolute Gasteiger partial charge is 0.144 e. The summed E-state index contributed by atoms with van der Waals surface area (Å²) in [5.41, 5.74) is 4.06. The van der Waals surface area contributed by atoms with Gasteiger partial charge in [0.1, 0.15) is 60.0 Å². The molecule has 0 amide bonds. The molecular weight excluding hydrogens is 491 g/mol. The van der Waals surface area contributed by atoms with Gasteiger partial charge >= 0.3 is 0 Å². The van der Waals surface area contributed by atoms with Crippen LogP contribution in [0.5, 0.6) is 11.5 Å². The van der Waals surface area contributed by atoms with Crippen molar-refractivity contribution in [2.75, 3.05) is 13.2 Å². The fraction of sp³-hybridized carbons (Fsp3) is 0.400. The maximum absolute atomic E-state index is 13.5. The van der Waals surface area contributed by atoms with Crippen molar-refractivity contribution in [3.63, 3.8) is 0 Å². The molecule has 0 saturated carbocycles. The second kappa shape index (κ2) is 10.6. The summed E-state index contributed by atoms with van der Waals surface area (Å²) in [5, 5.41) is 40.3. The lowest BCUT2D eigenvalue weighted by Gasteiger charge is -2.40. The van der Waals surface area contributed by atoms with Crippen LogP contribution in [0.2, 0.25) is 0 Å². The Morgan fingerprint density at radius 2 is 1.74 bits per heavy atom. The van der Waals surface area contributed by atoms with Gasteiger partial charge in [-0.2, -0.15) is 0 Å². The van der Waals surface area contributed by atoms with Crippen molar-refractivity contribution < 1.29 is 39.0 Å². The van der Waals surface area contributed by atoms with Crippen LogP contribution in [0.1, 0.15) is 40.8 Å². The van der Waals surface area contributed by atoms with E-state index in [9.17, 15) is 24.8 Å². The Hall–Kier alpha value is -3.01. The molecule has 2 aliphatic rings. The average Bonchev–Trinajstić information content (AvgIpc) is 3.24. The first-order chi connectivity index (χ1) is 18.2. The van der Waals surface area contributed by atoms with E-state index in [0.29, 0.717) is 36.5 Å². The first-order valence-corrected chi connectivity index (χ1v) is 12.7. The molecule has 1 unspecified atom stereocenters. The molecule has 2 heterocycles. The molecule has 3 aromatic carbocycles. The molecule has 6 atom stereocenters. The van der Waals surface area contributed by atoms with Crippen LogP contribution >= 0.6 is 0 Å². The zero-order chi connectivity index (χ0) is 27.0. The summed E-state index contributed by atoms with van der Waals surface area (Å²) >= 11 is 0. The molecule has 0 spiro atoms. The Morgan fingerprint density at radius 1 is 0.974 bits per heavy atom. The summed E-state index contributed by atoms with van der Waals surface area (Å²) in [5.74, 6) is 1.11. The molecule has 1 saturated heterocycles. The summed E-state index contributed by atoms with van der Waals surface area (Å²) in [4.78, 5) is 0. The molecule has 7 nitrogen and oxygen atoms in total. The maximum atomic E-state index is 13.5. The van der Waals surface area contributed by atoms with E-state index in [0.717, 1.165) is 22.3 Å². The number of hydrogen-bond acceptors (Lipinski definition) is 7. The number of aliphatic hydroxyl groups excluding tert-OH is 4. The van der Waals surface area contributed by atoms with Gasteiger partial charge in [-0.25, -0.2) is 4.39 Å². The number of hydrogen-bond donors (Lipinski definition) is 4. The number of rotatable bonds is 7. The van der Waals surface area contributed by atoms with Gasteiger partial charge < -0.3 is 34.6 Å². The summed E-state index contributed by atoms with van der Waals surface area (Å²) in [6.07, 6.45) is -4.77. The van der Waals surface area contributed by atoms with E-state index in [1.54, 1.807) is 6.07 Å². The predicted molar refractivity (Wildman–Crippen MR) is 138 cm³/mol. The molecule has 1 fully saturated rings. The van der Waals surface area contributed by atoms with E-state index in [4.69, 9.17) is 14.2 Å². The lowest BCUT2D eigenvalue weighted by Crippen LogP contribution is -2.55. The topological polar surface area (TPSA) is 109 Å². The van der Waals surface area contributed by atoms with Gasteiger partial charge in [-0.15, -0.1) is 0 Å². The number of aliphatic hydroxyl groups is 4. The molecule has 0 aliphatic carbocycles. The van der Waals surface area contributed by atoms with Gasteiger partial charge in [0.2, 0.25) is 0 Å². The van der Waals surface area contributed by atoms with Gasteiger partial charge in [0.05, 0.1) is 6.61 Å². The fourth-order valence-electron chi connectivity index (χ4n) is 5.17. The van der Waals surface area contributed by atoms with Gasteiger partial charge in [-0.3, -0.25) is 0 Å². The van der Waals surface area contributed by atoms with Gasteiger partial charge in [0.25, 0.3) is 0 Å². The minimum Gasteiger partial charge on any atom is -0.489 e. The third-order valence-corrected chi connectivity index (χ3v) is 7.40. The third kappa shape index (κ3) is 5.41. The average molecular weight is 525 g/mol. The van der Waals surface area contributed by atoms with Gasteiger partial charge in [-0.05, 0) is 72.9 Å². The Labute approximate surface area is 221 Å². The molecule has 5 rings (SSSR count). The van der Waals surface area contributed by atoms with Crippen molar-refractivity contribution in [3.05, 3.63) is 94.3 Å². The quantitative estimate of drug-likeness (QED) is 0.376. The van der Waals surface area contributed by atoms with Gasteiger partial charge in [-0.1, -0.05) is 30.3 Å². The molecule has 3 aromatic rings. The highest BCUT2D eigenvalue weighted by Crippen LogP contribution is 2.36. The Kier molecular flexibility index (Phi) is 7.44. The zero-order valence-corrected chi connectivity index (χ0v) is 21.4. The molecule has 38 heavy (non-hydrogen) atoms. The van der Waals surface area contributed by atoms with Crippen molar-refractivity contribution in [2.24, 2.45) is 0 Å². The van der Waals surface area contributed by atoms with E-state index >= 15 is 0 Å². The predicted octanol–water partition coefficient (Wildman–Crippen LogP) is 3.01. The lowest BCUT2D eigenvalue weighted by atomic mass is 9.89. The van der Waals surface area contributed by atoms with E-state index in [1.807, 2.05) is 56.3 Å². The number of ether oxygens (including phenoxy) is 3. The van der Waals surface area contributed by atoms with Crippen molar-refractivity contribution >= 4 is 0 Å². The summed E-state index contributed by atoms with van der Waals surface area (Å²) < 4.78 is 31.3. The van der Waals surface area contributed by atoms with Gasteiger partial charge in [0.15, 0.2) is 0 Å². The van der Waals surface area contributed by atoms with Crippen LogP contribution in [0, 0.1) is 12.7 Å². The van der Waals surface area contributed by atoms with E-state index in [1.165, 1.54) is 12.1 Å². The molecule has 202 valence electrons. The maximum Gasteiger partial charge on any atom is 0.144 e. The first kappa shape index (κ1) is 26.6. The fourth-order valence-corrected chi connectivity index (χ4v) is 5.17. The molecule has 0 bridgehead atoms. The van der Waals surface area contributed by atoms with Gasteiger partial charge in [0, 0.05) is 12.0 Å². The van der Waals surface area contributed by atoms with E-state index in [2.05, 4.69) is 0 Å². The van der Waals surface area contributed by atoms with Crippen molar-refractivity contribution in [1.29, 1.82) is 0 Å². The molecule has 8 heteroatoms. The largest absolute Gasteiger partial charge is 0.489 e. The number of halogens is 1. The van der Waals surface area contributed by atoms with Crippen LogP contribution in [0.4, 0.5) is 4.39 Å². The van der Waals surface area contributed by atoms with E-state index in [-0.39, 0.29) is 5.82 Å². The van der Waals surface area contributed by atoms with Crippen LogP contribution in [-0.2, 0) is 17.6 Å². The van der Waals surface area contributed by atoms with Crippen molar-refractivity contribution in [3.8, 4) is 11.5 Å². The highest BCUT2D eigenvalue weighted by molar-refractivity contribution is 5.40. The molecule has 2 aliphatic heterocycles. The number of benzene rings is 3. The summed E-state index contributed by atoms with van der Waals surface area (Å²) in [6, 6.07) is 18.0. The van der Waals surface area contributed by atoms with Crippen LogP contribution in [0.25, 0.3) is 0 Å². The zero-order valence-electron chi connectivity index (χ0n) is 21.4. The highest BCUT2D eigenvalue weighted by Gasteiger charge is 2.44. The van der Waals surface area contributed by atoms with Crippen molar-refractivity contribution in [1.82, 2.24) is 0 Å². The number of aryl methyl sites for hydroxylation is 1. The van der Waals surface area contributed by atoms with Crippen LogP contribution in [-0.4, -0.2) is 63.7 Å². The Balaban J connectivity index is 1.23. The second-order valence-corrected chi connectivity index (χ2v) is 10.5. The Morgan fingerprint density at radius 3 is 2.47 bits per heavy atom. The third-order valence-electron chi connectivity index (χ3n) is 7.40. The molecule has 0 aromatic heterocycles. The second-order valence-electron chi connectivity index (χ2n) is 10.5. The van der Waals surface area contributed by atoms with E-state index < -0.39 is 42.7 Å². The summed E-state index contributed by atoms with van der Waals surface area (Å²) in [6.45, 7) is 3.80. The van der Waals surface area contributed by atoms with Crippen LogP contribution < -0.4 is 9.47 Å². The molecule has 4 N–H and O–H groups in total. The molecular formula is C30H33FO7. The SMILES string of the molecule is Cc1ccc([C@@H]2O[C@H](CO)[C@@H](O)[C@H](O)[C@H]2O)cc1Cc1ccc(OCC2(C)Cc3cc(F)ccc3O2)cc1. The first-order valence-electron chi connectivity index (χ1n) is 12.7. The monoisotopic (exact) mass is 524 g/mol. The van der Waals surface area contributed by atoms with Crippen LogP contribution in [0.3, 0.4) is 0 Å². The standard InChI is InChI=1S/C30H33FO7/c1-17-3-6-19(29-28(35)27(34)26(33)25(15-32)37-29)12-20(17)11-18-4-8-23(9-5-18)36-16-30(2)14-21-13-22(31)7-10-24(21)38-30/h3-10,12-13,25-29,32-35H,11,14-16H2,1-2H3/t25-,26-,27+,28-,29+,30?/m1/s1. The minimum absolute atomic E-state index is 0.276. The van der Waals surface area contributed by atoms with Crippen LogP contribution in [0.15, 0.2) is 60.7 Å². The number of fused-ring (bicyclic) bond motifs is 1. The highest BCUT2D eigenvalue weighted by atomic mass is 19.1. The molecule has 0 radical (unpaired) electrons. The Bertz CT molecular complexity index is 1280. The van der Waals surface area contributed by atoms with Crippen molar-refractivity contribution in [2.45, 2.75) is 62.8 Å². The normalized spacial score (nSPS) is 28.6.